The van der Waals surface area contributed by atoms with Crippen molar-refractivity contribution in [3.05, 3.63) is 35.6 Å². The van der Waals surface area contributed by atoms with E-state index in [9.17, 15) is 4.39 Å². The van der Waals surface area contributed by atoms with Crippen LogP contribution in [0.5, 0.6) is 0 Å². The molecule has 84 valence electrons. The van der Waals surface area contributed by atoms with Crippen molar-refractivity contribution in [2.24, 2.45) is 5.92 Å². The predicted molar refractivity (Wildman–Crippen MR) is 62.4 cm³/mol. The normalized spacial score (nSPS) is 12.7. The Balaban J connectivity index is 2.31. The summed E-state index contributed by atoms with van der Waals surface area (Å²) < 4.78 is 12.7. The molecule has 0 aromatic heterocycles. The Hall–Kier alpha value is -0.890. The molecule has 1 unspecified atom stereocenters. The highest BCUT2D eigenvalue weighted by Crippen LogP contribution is 2.11. The molecule has 1 rings (SSSR count). The second-order valence-electron chi connectivity index (χ2n) is 4.08. The third-order valence-electron chi connectivity index (χ3n) is 2.56. The van der Waals surface area contributed by atoms with Gasteiger partial charge in [0.05, 0.1) is 0 Å². The summed E-state index contributed by atoms with van der Waals surface area (Å²) in [6.07, 6.45) is 2.21. The summed E-state index contributed by atoms with van der Waals surface area (Å²) in [5, 5.41) is 3.31. The first kappa shape index (κ1) is 12.2. The molecule has 0 saturated heterocycles. The molecule has 0 fully saturated rings. The summed E-state index contributed by atoms with van der Waals surface area (Å²) in [6, 6.07) is 6.82. The molecule has 0 amide bonds. The molecular weight excluding hydrogens is 189 g/mol. The number of hydrogen-bond acceptors (Lipinski definition) is 1. The Morgan fingerprint density at radius 3 is 2.53 bits per heavy atom. The fraction of sp³-hybridized carbons (Fsp3) is 0.538. The molecular formula is C13H20FN. The summed E-state index contributed by atoms with van der Waals surface area (Å²) in [5.41, 5.74) is 1.22. The van der Waals surface area contributed by atoms with E-state index >= 15 is 0 Å². The first-order valence-electron chi connectivity index (χ1n) is 5.67. The Morgan fingerprint density at radius 1 is 1.27 bits per heavy atom. The van der Waals surface area contributed by atoms with Crippen LogP contribution in [0.3, 0.4) is 0 Å². The van der Waals surface area contributed by atoms with Crippen molar-refractivity contribution in [1.82, 2.24) is 5.32 Å². The largest absolute Gasteiger partial charge is 0.317 e. The number of benzene rings is 1. The molecule has 0 radical (unpaired) electrons. The fourth-order valence-corrected chi connectivity index (χ4v) is 1.65. The molecule has 1 N–H and O–H groups in total. The highest BCUT2D eigenvalue weighted by molar-refractivity contribution is 5.16. The van der Waals surface area contributed by atoms with Gasteiger partial charge >= 0.3 is 0 Å². The van der Waals surface area contributed by atoms with E-state index in [4.69, 9.17) is 0 Å². The molecule has 2 heteroatoms. The van der Waals surface area contributed by atoms with Crippen molar-refractivity contribution in [1.29, 1.82) is 0 Å². The SMILES string of the molecule is CCNCCC(C)Cc1ccc(F)cc1. The smallest absolute Gasteiger partial charge is 0.123 e. The van der Waals surface area contributed by atoms with E-state index in [0.717, 1.165) is 19.5 Å². The Morgan fingerprint density at radius 2 is 1.93 bits per heavy atom. The van der Waals surface area contributed by atoms with E-state index in [1.807, 2.05) is 12.1 Å². The van der Waals surface area contributed by atoms with Crippen molar-refractivity contribution in [3.8, 4) is 0 Å². The van der Waals surface area contributed by atoms with Crippen molar-refractivity contribution in [2.75, 3.05) is 13.1 Å². The Kier molecular flexibility index (Phi) is 5.33. The molecule has 15 heavy (non-hydrogen) atoms. The first-order valence-corrected chi connectivity index (χ1v) is 5.67. The van der Waals surface area contributed by atoms with Gasteiger partial charge < -0.3 is 5.32 Å². The van der Waals surface area contributed by atoms with Crippen molar-refractivity contribution >= 4 is 0 Å². The van der Waals surface area contributed by atoms with Gasteiger partial charge in [0.2, 0.25) is 0 Å². The fourth-order valence-electron chi connectivity index (χ4n) is 1.65. The summed E-state index contributed by atoms with van der Waals surface area (Å²) >= 11 is 0. The number of halogens is 1. The van der Waals surface area contributed by atoms with Gasteiger partial charge in [-0.1, -0.05) is 26.0 Å². The average molecular weight is 209 g/mol. The zero-order valence-electron chi connectivity index (χ0n) is 9.59. The van der Waals surface area contributed by atoms with Crippen LogP contribution in [-0.2, 0) is 6.42 Å². The van der Waals surface area contributed by atoms with Gasteiger partial charge in [-0.3, -0.25) is 0 Å². The van der Waals surface area contributed by atoms with Crippen LogP contribution in [0.4, 0.5) is 4.39 Å². The van der Waals surface area contributed by atoms with E-state index in [1.165, 1.54) is 24.1 Å². The average Bonchev–Trinajstić information content (AvgIpc) is 2.22. The van der Waals surface area contributed by atoms with Crippen LogP contribution in [-0.4, -0.2) is 13.1 Å². The van der Waals surface area contributed by atoms with Gasteiger partial charge in [-0.2, -0.15) is 0 Å². The summed E-state index contributed by atoms with van der Waals surface area (Å²) in [7, 11) is 0. The molecule has 1 nitrogen and oxygen atoms in total. The standard InChI is InChI=1S/C13H20FN/c1-3-15-9-8-11(2)10-12-4-6-13(14)7-5-12/h4-7,11,15H,3,8-10H2,1-2H3. The lowest BCUT2D eigenvalue weighted by Gasteiger charge is -2.11. The zero-order valence-corrected chi connectivity index (χ0v) is 9.59. The molecule has 1 aromatic carbocycles. The topological polar surface area (TPSA) is 12.0 Å². The molecule has 0 bridgehead atoms. The summed E-state index contributed by atoms with van der Waals surface area (Å²) in [4.78, 5) is 0. The van der Waals surface area contributed by atoms with Gasteiger partial charge in [0.25, 0.3) is 0 Å². The van der Waals surface area contributed by atoms with E-state index < -0.39 is 0 Å². The van der Waals surface area contributed by atoms with Gasteiger partial charge in [-0.05, 0) is 49.5 Å². The van der Waals surface area contributed by atoms with Crippen LogP contribution >= 0.6 is 0 Å². The molecule has 0 aliphatic heterocycles. The van der Waals surface area contributed by atoms with Gasteiger partial charge in [-0.25, -0.2) is 4.39 Å². The highest BCUT2D eigenvalue weighted by Gasteiger charge is 2.03. The quantitative estimate of drug-likeness (QED) is 0.710. The number of hydrogen-bond donors (Lipinski definition) is 1. The molecule has 0 saturated carbocycles. The second kappa shape index (κ2) is 6.57. The van der Waals surface area contributed by atoms with E-state index in [-0.39, 0.29) is 5.82 Å². The van der Waals surface area contributed by atoms with Gasteiger partial charge in [0.15, 0.2) is 0 Å². The van der Waals surface area contributed by atoms with Crippen LogP contribution in [0.15, 0.2) is 24.3 Å². The van der Waals surface area contributed by atoms with Gasteiger partial charge in [-0.15, -0.1) is 0 Å². The molecule has 0 spiro atoms. The molecule has 0 heterocycles. The minimum absolute atomic E-state index is 0.154. The molecule has 1 atom stereocenters. The number of rotatable bonds is 6. The van der Waals surface area contributed by atoms with Crippen LogP contribution in [0.2, 0.25) is 0 Å². The first-order chi connectivity index (χ1) is 7.22. The number of nitrogens with one attached hydrogen (secondary N) is 1. The minimum atomic E-state index is -0.154. The Labute approximate surface area is 91.7 Å². The van der Waals surface area contributed by atoms with Gasteiger partial charge in [0.1, 0.15) is 5.82 Å². The van der Waals surface area contributed by atoms with Crippen LogP contribution in [0, 0.1) is 11.7 Å². The van der Waals surface area contributed by atoms with Crippen molar-refractivity contribution in [2.45, 2.75) is 26.7 Å². The lowest BCUT2D eigenvalue weighted by molar-refractivity contribution is 0.504. The third-order valence-corrected chi connectivity index (χ3v) is 2.56. The maximum Gasteiger partial charge on any atom is 0.123 e. The van der Waals surface area contributed by atoms with Crippen LogP contribution in [0.1, 0.15) is 25.8 Å². The maximum absolute atomic E-state index is 12.7. The van der Waals surface area contributed by atoms with E-state index in [0.29, 0.717) is 5.92 Å². The minimum Gasteiger partial charge on any atom is -0.317 e. The molecule has 0 aliphatic rings. The maximum atomic E-state index is 12.7. The van der Waals surface area contributed by atoms with Gasteiger partial charge in [0, 0.05) is 0 Å². The monoisotopic (exact) mass is 209 g/mol. The summed E-state index contributed by atoms with van der Waals surface area (Å²) in [6.45, 7) is 6.45. The van der Waals surface area contributed by atoms with Crippen molar-refractivity contribution < 1.29 is 4.39 Å². The zero-order chi connectivity index (χ0) is 11.1. The van der Waals surface area contributed by atoms with Crippen LogP contribution < -0.4 is 5.32 Å². The Bertz CT molecular complexity index is 268. The lowest BCUT2D eigenvalue weighted by Crippen LogP contribution is -2.17. The van der Waals surface area contributed by atoms with E-state index in [1.54, 1.807) is 0 Å². The molecule has 0 aliphatic carbocycles. The summed E-state index contributed by atoms with van der Waals surface area (Å²) in [5.74, 6) is 0.494. The molecule has 1 aromatic rings. The van der Waals surface area contributed by atoms with E-state index in [2.05, 4.69) is 19.2 Å². The third kappa shape index (κ3) is 4.93. The van der Waals surface area contributed by atoms with Crippen LogP contribution in [0.25, 0.3) is 0 Å². The highest BCUT2D eigenvalue weighted by atomic mass is 19.1. The second-order valence-corrected chi connectivity index (χ2v) is 4.08. The lowest BCUT2D eigenvalue weighted by atomic mass is 9.98. The predicted octanol–water partition coefficient (Wildman–Crippen LogP) is 3.00. The van der Waals surface area contributed by atoms with Crippen molar-refractivity contribution in [3.63, 3.8) is 0 Å².